The fourth-order valence-corrected chi connectivity index (χ4v) is 5.35. The van der Waals surface area contributed by atoms with Gasteiger partial charge < -0.3 is 0 Å². The fraction of sp³-hybridized carbons (Fsp3) is 1.00. The van der Waals surface area contributed by atoms with Gasteiger partial charge in [0.25, 0.3) is 0 Å². The minimum atomic E-state index is 0.651. The van der Waals surface area contributed by atoms with E-state index in [9.17, 15) is 0 Å². The van der Waals surface area contributed by atoms with Crippen molar-refractivity contribution in [2.75, 3.05) is 13.1 Å². The van der Waals surface area contributed by atoms with Crippen molar-refractivity contribution in [3.63, 3.8) is 0 Å². The van der Waals surface area contributed by atoms with Crippen LogP contribution in [0, 0.1) is 17.8 Å². The summed E-state index contributed by atoms with van der Waals surface area (Å²) in [7, 11) is 0. The smallest absolute Gasteiger partial charge is 0.0217 e. The van der Waals surface area contributed by atoms with Gasteiger partial charge in [-0.1, -0.05) is 13.8 Å². The molecule has 0 N–H and O–H groups in total. The van der Waals surface area contributed by atoms with Crippen LogP contribution in [0.5, 0.6) is 0 Å². The predicted molar refractivity (Wildman–Crippen MR) is 63.8 cm³/mol. The minimum absolute atomic E-state index is 0.651. The molecule has 0 aliphatic heterocycles. The standard InChI is InChI=1S/C14H25N/c1-3-15(4-2)14-8-11-5-12(9-14)7-13(6-11)10-14/h11-13H,3-10H2,1-2H3. The van der Waals surface area contributed by atoms with E-state index >= 15 is 0 Å². The maximum absolute atomic E-state index is 2.79. The van der Waals surface area contributed by atoms with Gasteiger partial charge in [-0.2, -0.15) is 0 Å². The third kappa shape index (κ3) is 1.46. The minimum Gasteiger partial charge on any atom is -0.298 e. The summed E-state index contributed by atoms with van der Waals surface area (Å²) >= 11 is 0. The van der Waals surface area contributed by atoms with Gasteiger partial charge in [-0.05, 0) is 69.4 Å². The molecule has 4 saturated carbocycles. The molecule has 4 aliphatic carbocycles. The normalized spacial score (nSPS) is 47.8. The molecule has 0 aromatic carbocycles. The molecule has 4 bridgehead atoms. The van der Waals surface area contributed by atoms with E-state index < -0.39 is 0 Å². The zero-order valence-corrected chi connectivity index (χ0v) is 10.3. The molecule has 0 radical (unpaired) electrons. The van der Waals surface area contributed by atoms with Crippen LogP contribution in [0.25, 0.3) is 0 Å². The van der Waals surface area contributed by atoms with Crippen LogP contribution in [0.1, 0.15) is 52.4 Å². The third-order valence-corrected chi connectivity index (χ3v) is 5.44. The lowest BCUT2D eigenvalue weighted by atomic mass is 9.52. The summed E-state index contributed by atoms with van der Waals surface area (Å²) < 4.78 is 0. The lowest BCUT2D eigenvalue weighted by Crippen LogP contribution is -2.59. The molecule has 15 heavy (non-hydrogen) atoms. The molecule has 0 aromatic rings. The maximum Gasteiger partial charge on any atom is 0.0217 e. The van der Waals surface area contributed by atoms with E-state index in [1.165, 1.54) is 32.4 Å². The Kier molecular flexibility index (Phi) is 2.35. The Labute approximate surface area is 94.2 Å². The lowest BCUT2D eigenvalue weighted by Gasteiger charge is -2.60. The van der Waals surface area contributed by atoms with Gasteiger partial charge >= 0.3 is 0 Å². The van der Waals surface area contributed by atoms with E-state index in [4.69, 9.17) is 0 Å². The predicted octanol–water partition coefficient (Wildman–Crippen LogP) is 3.30. The molecule has 1 heteroatoms. The van der Waals surface area contributed by atoms with Gasteiger partial charge in [0.15, 0.2) is 0 Å². The second-order valence-electron chi connectivity index (χ2n) is 6.31. The molecule has 0 amide bonds. The number of hydrogen-bond acceptors (Lipinski definition) is 1. The summed E-state index contributed by atoms with van der Waals surface area (Å²) in [6, 6.07) is 0. The van der Waals surface area contributed by atoms with Crippen molar-refractivity contribution in [2.24, 2.45) is 17.8 Å². The van der Waals surface area contributed by atoms with Gasteiger partial charge in [-0.15, -0.1) is 0 Å². The molecule has 86 valence electrons. The van der Waals surface area contributed by atoms with E-state index in [0.29, 0.717) is 5.54 Å². The van der Waals surface area contributed by atoms with Gasteiger partial charge in [0.2, 0.25) is 0 Å². The molecule has 0 unspecified atom stereocenters. The Morgan fingerprint density at radius 1 is 0.867 bits per heavy atom. The second-order valence-corrected chi connectivity index (χ2v) is 6.31. The Morgan fingerprint density at radius 2 is 1.27 bits per heavy atom. The zero-order valence-electron chi connectivity index (χ0n) is 10.3. The molecule has 0 aromatic heterocycles. The van der Waals surface area contributed by atoms with Gasteiger partial charge in [0, 0.05) is 5.54 Å². The van der Waals surface area contributed by atoms with Crippen molar-refractivity contribution in [1.29, 1.82) is 0 Å². The average molecular weight is 207 g/mol. The van der Waals surface area contributed by atoms with Crippen LogP contribution < -0.4 is 0 Å². The van der Waals surface area contributed by atoms with Crippen LogP contribution in [0.2, 0.25) is 0 Å². The molecular weight excluding hydrogens is 182 g/mol. The van der Waals surface area contributed by atoms with Crippen LogP contribution >= 0.6 is 0 Å². The van der Waals surface area contributed by atoms with Crippen molar-refractivity contribution >= 4 is 0 Å². The first-order valence-corrected chi connectivity index (χ1v) is 7.01. The van der Waals surface area contributed by atoms with Crippen LogP contribution in [0.15, 0.2) is 0 Å². The molecule has 0 spiro atoms. The SMILES string of the molecule is CCN(CC)C12CC3CC(CC(C3)C1)C2. The van der Waals surface area contributed by atoms with E-state index in [1.54, 1.807) is 19.3 Å². The maximum atomic E-state index is 2.79. The molecular formula is C14H25N. The van der Waals surface area contributed by atoms with Crippen LogP contribution in [-0.2, 0) is 0 Å². The molecule has 0 atom stereocenters. The Hall–Kier alpha value is -0.0400. The third-order valence-electron chi connectivity index (χ3n) is 5.44. The second kappa shape index (κ2) is 3.48. The summed E-state index contributed by atoms with van der Waals surface area (Å²) in [5.74, 6) is 3.28. The van der Waals surface area contributed by atoms with E-state index in [1.807, 2.05) is 0 Å². The van der Waals surface area contributed by atoms with Crippen LogP contribution in [0.4, 0.5) is 0 Å². The number of rotatable bonds is 3. The quantitative estimate of drug-likeness (QED) is 0.686. The molecule has 4 aliphatic rings. The highest BCUT2D eigenvalue weighted by Crippen LogP contribution is 2.57. The fourth-order valence-electron chi connectivity index (χ4n) is 5.35. The van der Waals surface area contributed by atoms with Crippen molar-refractivity contribution in [1.82, 2.24) is 4.90 Å². The van der Waals surface area contributed by atoms with Gasteiger partial charge in [0.05, 0.1) is 0 Å². The Bertz CT molecular complexity index is 206. The summed E-state index contributed by atoms with van der Waals surface area (Å²) in [6.45, 7) is 7.23. The summed E-state index contributed by atoms with van der Waals surface area (Å²) in [5.41, 5.74) is 0.651. The van der Waals surface area contributed by atoms with E-state index in [0.717, 1.165) is 17.8 Å². The van der Waals surface area contributed by atoms with Gasteiger partial charge in [0.1, 0.15) is 0 Å². The van der Waals surface area contributed by atoms with Crippen molar-refractivity contribution in [2.45, 2.75) is 57.9 Å². The highest BCUT2D eigenvalue weighted by atomic mass is 15.2. The molecule has 0 heterocycles. The molecule has 1 nitrogen and oxygen atoms in total. The summed E-state index contributed by atoms with van der Waals surface area (Å²) in [4.78, 5) is 2.79. The summed E-state index contributed by atoms with van der Waals surface area (Å²) in [6.07, 6.45) is 9.30. The molecule has 4 rings (SSSR count). The van der Waals surface area contributed by atoms with Crippen molar-refractivity contribution in [3.8, 4) is 0 Å². The monoisotopic (exact) mass is 207 g/mol. The van der Waals surface area contributed by atoms with Crippen molar-refractivity contribution in [3.05, 3.63) is 0 Å². The Balaban J connectivity index is 1.86. The number of nitrogens with zero attached hydrogens (tertiary/aromatic N) is 1. The van der Waals surface area contributed by atoms with E-state index in [2.05, 4.69) is 18.7 Å². The first kappa shape index (κ1) is 10.1. The highest BCUT2D eigenvalue weighted by Gasteiger charge is 2.52. The molecule has 4 fully saturated rings. The first-order chi connectivity index (χ1) is 7.25. The topological polar surface area (TPSA) is 3.24 Å². The summed E-state index contributed by atoms with van der Waals surface area (Å²) in [5, 5.41) is 0. The van der Waals surface area contributed by atoms with E-state index in [-0.39, 0.29) is 0 Å². The lowest BCUT2D eigenvalue weighted by molar-refractivity contribution is -0.0851. The zero-order chi connectivity index (χ0) is 10.5. The average Bonchev–Trinajstić information content (AvgIpc) is 2.16. The number of hydrogen-bond donors (Lipinski definition) is 0. The largest absolute Gasteiger partial charge is 0.298 e. The van der Waals surface area contributed by atoms with Gasteiger partial charge in [-0.25, -0.2) is 0 Å². The highest BCUT2D eigenvalue weighted by molar-refractivity contribution is 5.07. The van der Waals surface area contributed by atoms with Crippen molar-refractivity contribution < 1.29 is 0 Å². The van der Waals surface area contributed by atoms with Crippen LogP contribution in [-0.4, -0.2) is 23.5 Å². The van der Waals surface area contributed by atoms with Crippen LogP contribution in [0.3, 0.4) is 0 Å². The Morgan fingerprint density at radius 3 is 1.60 bits per heavy atom. The van der Waals surface area contributed by atoms with Gasteiger partial charge in [-0.3, -0.25) is 4.90 Å². The first-order valence-electron chi connectivity index (χ1n) is 7.01. The molecule has 0 saturated heterocycles.